The van der Waals surface area contributed by atoms with Gasteiger partial charge in [-0.25, -0.2) is 0 Å². The lowest BCUT2D eigenvalue weighted by Gasteiger charge is -2.31. The molecule has 1 aliphatic heterocycles. The number of carboxylic acid groups (broad SMARTS) is 1. The van der Waals surface area contributed by atoms with Gasteiger partial charge in [0.05, 0.1) is 5.92 Å². The maximum atomic E-state index is 12.3. The molecule has 0 radical (unpaired) electrons. The molecule has 3 rings (SSSR count). The normalized spacial score (nSPS) is 39.9. The predicted octanol–water partition coefficient (Wildman–Crippen LogP) is 1.36. The Kier molecular flexibility index (Phi) is 2.60. The van der Waals surface area contributed by atoms with Gasteiger partial charge < -0.3 is 10.0 Å². The van der Waals surface area contributed by atoms with Gasteiger partial charge in [0.15, 0.2) is 0 Å². The highest BCUT2D eigenvalue weighted by molar-refractivity contribution is 5.83. The van der Waals surface area contributed by atoms with Crippen LogP contribution in [0.25, 0.3) is 0 Å². The van der Waals surface area contributed by atoms with Crippen molar-refractivity contribution in [3.05, 3.63) is 0 Å². The minimum Gasteiger partial charge on any atom is -0.481 e. The van der Waals surface area contributed by atoms with E-state index in [2.05, 4.69) is 0 Å². The largest absolute Gasteiger partial charge is 0.481 e. The number of nitrogens with zero attached hydrogens (tertiary/aromatic N) is 1. The van der Waals surface area contributed by atoms with E-state index < -0.39 is 5.97 Å². The van der Waals surface area contributed by atoms with Crippen LogP contribution in [0.2, 0.25) is 0 Å². The minimum atomic E-state index is -0.751. The number of amides is 1. The lowest BCUT2D eigenvalue weighted by atomic mass is 9.97. The van der Waals surface area contributed by atoms with Crippen LogP contribution in [0.15, 0.2) is 0 Å². The summed E-state index contributed by atoms with van der Waals surface area (Å²) in [5.41, 5.74) is 0. The summed E-state index contributed by atoms with van der Waals surface area (Å²) in [4.78, 5) is 25.1. The molecule has 2 unspecified atom stereocenters. The molecule has 0 aromatic carbocycles. The van der Waals surface area contributed by atoms with Crippen molar-refractivity contribution >= 4 is 11.9 Å². The maximum Gasteiger partial charge on any atom is 0.308 e. The van der Waals surface area contributed by atoms with E-state index in [4.69, 9.17) is 5.11 Å². The fourth-order valence-electron chi connectivity index (χ4n) is 3.78. The van der Waals surface area contributed by atoms with Gasteiger partial charge in [0.2, 0.25) is 5.91 Å². The average molecular weight is 237 g/mol. The molecule has 2 saturated carbocycles. The highest BCUT2D eigenvalue weighted by Gasteiger charge is 2.57. The van der Waals surface area contributed by atoms with E-state index in [1.165, 1.54) is 19.3 Å². The van der Waals surface area contributed by atoms with Crippen LogP contribution < -0.4 is 0 Å². The van der Waals surface area contributed by atoms with Crippen LogP contribution in [0.4, 0.5) is 0 Å². The molecule has 0 aromatic heterocycles. The predicted molar refractivity (Wildman–Crippen MR) is 61.3 cm³/mol. The Balaban J connectivity index is 1.60. The van der Waals surface area contributed by atoms with E-state index in [-0.39, 0.29) is 17.7 Å². The third-order valence-electron chi connectivity index (χ3n) is 4.77. The SMILES string of the molecule is O=C(O)[C@H]1CCCN(C(=O)C2C3CCCC32)C1. The summed E-state index contributed by atoms with van der Waals surface area (Å²) in [6, 6.07) is 0. The summed E-state index contributed by atoms with van der Waals surface area (Å²) in [5, 5.41) is 9.02. The summed E-state index contributed by atoms with van der Waals surface area (Å²) in [7, 11) is 0. The summed E-state index contributed by atoms with van der Waals surface area (Å²) in [5.74, 6) is 0.659. The van der Waals surface area contributed by atoms with Crippen molar-refractivity contribution in [3.63, 3.8) is 0 Å². The summed E-state index contributed by atoms with van der Waals surface area (Å²) >= 11 is 0. The van der Waals surface area contributed by atoms with Crippen LogP contribution in [-0.2, 0) is 9.59 Å². The van der Waals surface area contributed by atoms with Gasteiger partial charge >= 0.3 is 5.97 Å². The summed E-state index contributed by atoms with van der Waals surface area (Å²) in [6.45, 7) is 1.20. The second-order valence-corrected chi connectivity index (χ2v) is 5.75. The van der Waals surface area contributed by atoms with Crippen molar-refractivity contribution in [2.45, 2.75) is 32.1 Å². The standard InChI is InChI=1S/C13H19NO3/c15-12(11-9-4-1-5-10(9)11)14-6-2-3-8(7-14)13(16)17/h8-11H,1-7H2,(H,16,17)/t8-,9?,10?,11?/m0/s1. The van der Waals surface area contributed by atoms with Crippen LogP contribution >= 0.6 is 0 Å². The number of likely N-dealkylation sites (tertiary alicyclic amines) is 1. The first-order valence-corrected chi connectivity index (χ1v) is 6.70. The van der Waals surface area contributed by atoms with Gasteiger partial charge in [-0.1, -0.05) is 6.42 Å². The van der Waals surface area contributed by atoms with Gasteiger partial charge in [0.1, 0.15) is 0 Å². The highest BCUT2D eigenvalue weighted by atomic mass is 16.4. The molecule has 17 heavy (non-hydrogen) atoms. The van der Waals surface area contributed by atoms with Gasteiger partial charge in [-0.3, -0.25) is 9.59 Å². The second kappa shape index (κ2) is 4.00. The molecule has 4 nitrogen and oxygen atoms in total. The summed E-state index contributed by atoms with van der Waals surface area (Å²) < 4.78 is 0. The van der Waals surface area contributed by atoms with E-state index in [0.29, 0.717) is 18.4 Å². The molecule has 3 fully saturated rings. The first-order valence-electron chi connectivity index (χ1n) is 6.70. The van der Waals surface area contributed by atoms with E-state index in [1.807, 2.05) is 4.90 Å². The van der Waals surface area contributed by atoms with Crippen LogP contribution in [0.1, 0.15) is 32.1 Å². The molecule has 0 spiro atoms. The summed E-state index contributed by atoms with van der Waals surface area (Å²) in [6.07, 6.45) is 5.24. The van der Waals surface area contributed by atoms with Crippen LogP contribution in [-0.4, -0.2) is 35.0 Å². The Morgan fingerprint density at radius 1 is 1.06 bits per heavy atom. The second-order valence-electron chi connectivity index (χ2n) is 5.75. The molecule has 3 aliphatic rings. The quantitative estimate of drug-likeness (QED) is 0.788. The van der Waals surface area contributed by atoms with E-state index in [9.17, 15) is 9.59 Å². The lowest BCUT2D eigenvalue weighted by molar-refractivity contribution is -0.146. The molecule has 1 N–H and O–H groups in total. The molecule has 0 aromatic rings. The third-order valence-corrected chi connectivity index (χ3v) is 4.77. The minimum absolute atomic E-state index is 0.241. The number of hydrogen-bond acceptors (Lipinski definition) is 2. The number of carbonyl (C=O) groups excluding carboxylic acids is 1. The smallest absolute Gasteiger partial charge is 0.308 e. The van der Waals surface area contributed by atoms with E-state index in [0.717, 1.165) is 19.4 Å². The van der Waals surface area contributed by atoms with Gasteiger partial charge in [0, 0.05) is 19.0 Å². The first kappa shape index (κ1) is 11.1. The van der Waals surface area contributed by atoms with Gasteiger partial charge in [0.25, 0.3) is 0 Å². The molecule has 1 heterocycles. The number of hydrogen-bond donors (Lipinski definition) is 1. The number of carboxylic acids is 1. The molecular weight excluding hydrogens is 218 g/mol. The lowest BCUT2D eigenvalue weighted by Crippen LogP contribution is -2.43. The zero-order valence-electron chi connectivity index (χ0n) is 9.97. The van der Waals surface area contributed by atoms with Crippen molar-refractivity contribution in [2.24, 2.45) is 23.7 Å². The number of rotatable bonds is 2. The molecule has 94 valence electrons. The Morgan fingerprint density at radius 3 is 2.41 bits per heavy atom. The van der Waals surface area contributed by atoms with E-state index >= 15 is 0 Å². The van der Waals surface area contributed by atoms with Crippen molar-refractivity contribution in [1.29, 1.82) is 0 Å². The monoisotopic (exact) mass is 237 g/mol. The van der Waals surface area contributed by atoms with Crippen LogP contribution in [0.3, 0.4) is 0 Å². The number of carbonyl (C=O) groups is 2. The van der Waals surface area contributed by atoms with Gasteiger partial charge in [-0.15, -0.1) is 0 Å². The number of fused-ring (bicyclic) bond motifs is 1. The maximum absolute atomic E-state index is 12.3. The first-order chi connectivity index (χ1) is 8.18. The van der Waals surface area contributed by atoms with E-state index in [1.54, 1.807) is 0 Å². The fraction of sp³-hybridized carbons (Fsp3) is 0.846. The molecule has 1 saturated heterocycles. The Morgan fingerprint density at radius 2 is 1.76 bits per heavy atom. The van der Waals surface area contributed by atoms with Crippen molar-refractivity contribution in [2.75, 3.05) is 13.1 Å². The van der Waals surface area contributed by atoms with Crippen LogP contribution in [0, 0.1) is 23.7 Å². The topological polar surface area (TPSA) is 57.6 Å². The molecule has 2 aliphatic carbocycles. The molecule has 0 bridgehead atoms. The fourth-order valence-corrected chi connectivity index (χ4v) is 3.78. The van der Waals surface area contributed by atoms with Gasteiger partial charge in [-0.05, 0) is 37.5 Å². The zero-order valence-corrected chi connectivity index (χ0v) is 9.97. The molecule has 4 heteroatoms. The Hall–Kier alpha value is -1.06. The molecule has 3 atom stereocenters. The van der Waals surface area contributed by atoms with Crippen molar-refractivity contribution in [1.82, 2.24) is 4.90 Å². The number of piperidine rings is 1. The van der Waals surface area contributed by atoms with Gasteiger partial charge in [-0.2, -0.15) is 0 Å². The zero-order chi connectivity index (χ0) is 12.0. The molecular formula is C13H19NO3. The Bertz CT molecular complexity index is 345. The van der Waals surface area contributed by atoms with Crippen molar-refractivity contribution in [3.8, 4) is 0 Å². The third kappa shape index (κ3) is 1.83. The number of aliphatic carboxylic acids is 1. The molecule has 1 amide bonds. The average Bonchev–Trinajstić information content (AvgIpc) is 2.81. The van der Waals surface area contributed by atoms with Crippen molar-refractivity contribution < 1.29 is 14.7 Å². The highest BCUT2D eigenvalue weighted by Crippen LogP contribution is 2.58. The van der Waals surface area contributed by atoms with Crippen LogP contribution in [0.5, 0.6) is 0 Å². The Labute approximate surface area is 101 Å².